The highest BCUT2D eigenvalue weighted by molar-refractivity contribution is 6.30. The quantitative estimate of drug-likeness (QED) is 0.890. The fraction of sp³-hybridized carbons (Fsp3) is 0.250. The van der Waals surface area contributed by atoms with Crippen LogP contribution < -0.4 is 0 Å². The normalized spacial score (nSPS) is 10.7. The fourth-order valence-electron chi connectivity index (χ4n) is 1.64. The highest BCUT2D eigenvalue weighted by Gasteiger charge is 2.07. The van der Waals surface area contributed by atoms with Crippen LogP contribution in [-0.4, -0.2) is 14.9 Å². The number of aromatic nitrogens is 2. The fourth-order valence-corrected chi connectivity index (χ4v) is 1.77. The number of aliphatic hydroxyl groups is 1. The van der Waals surface area contributed by atoms with Crippen molar-refractivity contribution in [3.05, 3.63) is 41.0 Å². The van der Waals surface area contributed by atoms with Gasteiger partial charge in [-0.3, -0.25) is 4.68 Å². The Balaban J connectivity index is 2.45. The first kappa shape index (κ1) is 11.2. The van der Waals surface area contributed by atoms with Crippen LogP contribution in [-0.2, 0) is 13.2 Å². The third-order valence-electron chi connectivity index (χ3n) is 2.43. The van der Waals surface area contributed by atoms with E-state index in [1.165, 1.54) is 0 Å². The summed E-state index contributed by atoms with van der Waals surface area (Å²) in [6, 6.07) is 9.50. The summed E-state index contributed by atoms with van der Waals surface area (Å²) < 4.78 is 1.87. The van der Waals surface area contributed by atoms with Crippen LogP contribution in [0.2, 0.25) is 5.02 Å². The molecule has 0 aliphatic heterocycles. The van der Waals surface area contributed by atoms with Crippen molar-refractivity contribution in [2.75, 3.05) is 0 Å². The van der Waals surface area contributed by atoms with Gasteiger partial charge in [0.25, 0.3) is 0 Å². The van der Waals surface area contributed by atoms with Crippen LogP contribution in [0.3, 0.4) is 0 Å². The van der Waals surface area contributed by atoms with Gasteiger partial charge in [0.15, 0.2) is 0 Å². The molecular formula is C12H13ClN2O. The lowest BCUT2D eigenvalue weighted by Crippen LogP contribution is -1.99. The monoisotopic (exact) mass is 236 g/mol. The number of aryl methyl sites for hydroxylation is 1. The van der Waals surface area contributed by atoms with E-state index in [1.807, 2.05) is 41.9 Å². The molecule has 0 spiro atoms. The van der Waals surface area contributed by atoms with Crippen molar-refractivity contribution >= 4 is 11.6 Å². The zero-order chi connectivity index (χ0) is 11.5. The van der Waals surface area contributed by atoms with E-state index >= 15 is 0 Å². The maximum Gasteiger partial charge on any atom is 0.0885 e. The summed E-state index contributed by atoms with van der Waals surface area (Å²) in [4.78, 5) is 0. The van der Waals surface area contributed by atoms with Crippen molar-refractivity contribution in [1.82, 2.24) is 9.78 Å². The largest absolute Gasteiger partial charge is 0.390 e. The Morgan fingerprint density at radius 1 is 1.31 bits per heavy atom. The lowest BCUT2D eigenvalue weighted by Gasteiger charge is -2.04. The number of hydrogen-bond acceptors (Lipinski definition) is 2. The second-order valence-corrected chi connectivity index (χ2v) is 3.94. The minimum absolute atomic E-state index is 0.0341. The second-order valence-electron chi connectivity index (χ2n) is 3.50. The lowest BCUT2D eigenvalue weighted by molar-refractivity contribution is 0.275. The molecule has 0 fully saturated rings. The average molecular weight is 237 g/mol. The number of hydrogen-bond donors (Lipinski definition) is 1. The predicted molar refractivity (Wildman–Crippen MR) is 64.3 cm³/mol. The van der Waals surface area contributed by atoms with Crippen molar-refractivity contribution in [2.45, 2.75) is 20.1 Å². The van der Waals surface area contributed by atoms with Gasteiger partial charge in [-0.05, 0) is 30.7 Å². The van der Waals surface area contributed by atoms with Crippen molar-refractivity contribution in [2.24, 2.45) is 0 Å². The molecule has 3 nitrogen and oxygen atoms in total. The number of benzene rings is 1. The predicted octanol–water partition coefficient (Wildman–Crippen LogP) is 2.72. The molecule has 2 rings (SSSR count). The Morgan fingerprint density at radius 3 is 2.56 bits per heavy atom. The summed E-state index contributed by atoms with van der Waals surface area (Å²) >= 11 is 5.84. The summed E-state index contributed by atoms with van der Waals surface area (Å²) in [5.74, 6) is 0. The van der Waals surface area contributed by atoms with Gasteiger partial charge in [0, 0.05) is 11.6 Å². The maximum absolute atomic E-state index is 9.06. The van der Waals surface area contributed by atoms with E-state index in [0.29, 0.717) is 10.7 Å². The highest BCUT2D eigenvalue weighted by atomic mass is 35.5. The van der Waals surface area contributed by atoms with Crippen LogP contribution in [0.25, 0.3) is 11.3 Å². The first-order valence-corrected chi connectivity index (χ1v) is 5.56. The Kier molecular flexibility index (Phi) is 3.27. The van der Waals surface area contributed by atoms with Gasteiger partial charge < -0.3 is 5.11 Å². The molecule has 1 N–H and O–H groups in total. The number of halogens is 1. The number of rotatable bonds is 3. The second kappa shape index (κ2) is 4.68. The van der Waals surface area contributed by atoms with E-state index in [4.69, 9.17) is 16.7 Å². The molecule has 4 heteroatoms. The van der Waals surface area contributed by atoms with Crippen molar-refractivity contribution in [1.29, 1.82) is 0 Å². The van der Waals surface area contributed by atoms with Crippen LogP contribution in [0.4, 0.5) is 0 Å². The summed E-state index contributed by atoms with van der Waals surface area (Å²) in [6.45, 7) is 2.76. The Labute approximate surface area is 99.3 Å². The first-order chi connectivity index (χ1) is 7.74. The molecule has 0 radical (unpaired) electrons. The van der Waals surface area contributed by atoms with E-state index in [2.05, 4.69) is 5.10 Å². The van der Waals surface area contributed by atoms with Gasteiger partial charge in [0.1, 0.15) is 0 Å². The molecule has 16 heavy (non-hydrogen) atoms. The molecule has 2 aromatic rings. The first-order valence-electron chi connectivity index (χ1n) is 5.18. The van der Waals surface area contributed by atoms with Gasteiger partial charge in [-0.15, -0.1) is 0 Å². The van der Waals surface area contributed by atoms with Gasteiger partial charge in [0.2, 0.25) is 0 Å². The van der Waals surface area contributed by atoms with Crippen LogP contribution in [0.15, 0.2) is 30.3 Å². The smallest absolute Gasteiger partial charge is 0.0885 e. The van der Waals surface area contributed by atoms with Gasteiger partial charge in [-0.1, -0.05) is 23.7 Å². The molecule has 0 aliphatic rings. The van der Waals surface area contributed by atoms with Crippen LogP contribution in [0.5, 0.6) is 0 Å². The summed E-state index contributed by atoms with van der Waals surface area (Å²) in [7, 11) is 0. The van der Waals surface area contributed by atoms with E-state index in [9.17, 15) is 0 Å². The van der Waals surface area contributed by atoms with Crippen LogP contribution in [0.1, 0.15) is 12.6 Å². The molecule has 0 unspecified atom stereocenters. The molecule has 0 bridgehead atoms. The van der Waals surface area contributed by atoms with Crippen LogP contribution in [0, 0.1) is 0 Å². The van der Waals surface area contributed by atoms with Crippen molar-refractivity contribution in [3.8, 4) is 11.3 Å². The van der Waals surface area contributed by atoms with Crippen molar-refractivity contribution < 1.29 is 5.11 Å². The van der Waals surface area contributed by atoms with Gasteiger partial charge in [-0.2, -0.15) is 5.10 Å². The maximum atomic E-state index is 9.06. The zero-order valence-corrected chi connectivity index (χ0v) is 9.78. The molecule has 0 aliphatic carbocycles. The third-order valence-corrected chi connectivity index (χ3v) is 2.68. The SMILES string of the molecule is CCn1nc(CO)cc1-c1ccc(Cl)cc1. The number of aliphatic hydroxyl groups excluding tert-OH is 1. The molecule has 1 aromatic heterocycles. The molecule has 0 saturated carbocycles. The Bertz CT molecular complexity index is 476. The minimum atomic E-state index is -0.0341. The molecule has 84 valence electrons. The summed E-state index contributed by atoms with van der Waals surface area (Å²) in [6.07, 6.45) is 0. The average Bonchev–Trinajstić information content (AvgIpc) is 2.73. The molecule has 1 aromatic carbocycles. The van der Waals surface area contributed by atoms with E-state index in [-0.39, 0.29) is 6.61 Å². The lowest BCUT2D eigenvalue weighted by atomic mass is 10.1. The standard InChI is InChI=1S/C12H13ClN2O/c1-2-15-12(7-11(8-16)14-15)9-3-5-10(13)6-4-9/h3-7,16H,2,8H2,1H3. The van der Waals surface area contributed by atoms with E-state index in [1.54, 1.807) is 0 Å². The Morgan fingerprint density at radius 2 is 2.00 bits per heavy atom. The topological polar surface area (TPSA) is 38.0 Å². The molecule has 1 heterocycles. The molecular weight excluding hydrogens is 224 g/mol. The van der Waals surface area contributed by atoms with Gasteiger partial charge >= 0.3 is 0 Å². The Hall–Kier alpha value is -1.32. The minimum Gasteiger partial charge on any atom is -0.390 e. The van der Waals surface area contributed by atoms with Crippen LogP contribution >= 0.6 is 11.6 Å². The van der Waals surface area contributed by atoms with E-state index < -0.39 is 0 Å². The highest BCUT2D eigenvalue weighted by Crippen LogP contribution is 2.22. The number of nitrogens with zero attached hydrogens (tertiary/aromatic N) is 2. The molecule has 0 amide bonds. The van der Waals surface area contributed by atoms with Gasteiger partial charge in [0.05, 0.1) is 18.0 Å². The van der Waals surface area contributed by atoms with Crippen molar-refractivity contribution in [3.63, 3.8) is 0 Å². The molecule has 0 atom stereocenters. The summed E-state index contributed by atoms with van der Waals surface area (Å²) in [5, 5.41) is 14.1. The molecule has 0 saturated heterocycles. The van der Waals surface area contributed by atoms with Gasteiger partial charge in [-0.25, -0.2) is 0 Å². The van der Waals surface area contributed by atoms with E-state index in [0.717, 1.165) is 17.8 Å². The zero-order valence-electron chi connectivity index (χ0n) is 9.02. The summed E-state index contributed by atoms with van der Waals surface area (Å²) in [5.41, 5.74) is 2.74. The third kappa shape index (κ3) is 2.10.